The molecule has 0 aliphatic heterocycles. The molecule has 0 aromatic carbocycles. The Morgan fingerprint density at radius 1 is 1.57 bits per heavy atom. The van der Waals surface area contributed by atoms with Crippen LogP contribution < -0.4 is 5.73 Å². The summed E-state index contributed by atoms with van der Waals surface area (Å²) in [5, 5.41) is 7.64. The Labute approximate surface area is 88.6 Å². The van der Waals surface area contributed by atoms with Gasteiger partial charge in [-0.25, -0.2) is 0 Å². The number of thioether (sulfide) groups is 1. The lowest BCUT2D eigenvalue weighted by Gasteiger charge is -2.12. The molecule has 1 aromatic heterocycles. The number of pyridine rings is 1. The summed E-state index contributed by atoms with van der Waals surface area (Å²) in [6.07, 6.45) is 5.24. The largest absolute Gasteiger partial charge is 0.388 e. The first-order valence-corrected chi connectivity index (χ1v) is 5.50. The van der Waals surface area contributed by atoms with E-state index in [0.29, 0.717) is 11.7 Å². The van der Waals surface area contributed by atoms with Gasteiger partial charge in [-0.1, -0.05) is 6.92 Å². The summed E-state index contributed by atoms with van der Waals surface area (Å²) in [6.45, 7) is 2.11. The second-order valence-corrected chi connectivity index (χ2v) is 4.43. The molecule has 0 fully saturated rings. The SMILES string of the molecule is CCC(CC(=N)N)Sc1ccncc1. The minimum absolute atomic E-state index is 0.262. The molecule has 1 rings (SSSR count). The average molecular weight is 209 g/mol. The lowest BCUT2D eigenvalue weighted by Crippen LogP contribution is -2.16. The number of nitrogens with zero attached hydrogens (tertiary/aromatic N) is 1. The number of hydrogen-bond donors (Lipinski definition) is 2. The smallest absolute Gasteiger partial charge is 0.0916 e. The molecule has 1 aromatic rings. The fourth-order valence-electron chi connectivity index (χ4n) is 1.12. The Hall–Kier alpha value is -1.03. The number of rotatable bonds is 5. The molecule has 0 saturated heterocycles. The van der Waals surface area contributed by atoms with Gasteiger partial charge in [0.1, 0.15) is 0 Å². The molecule has 0 aliphatic rings. The van der Waals surface area contributed by atoms with Crippen LogP contribution in [0.3, 0.4) is 0 Å². The van der Waals surface area contributed by atoms with E-state index in [1.807, 2.05) is 12.1 Å². The molecule has 3 N–H and O–H groups in total. The van der Waals surface area contributed by atoms with E-state index in [4.69, 9.17) is 11.1 Å². The van der Waals surface area contributed by atoms with Crippen molar-refractivity contribution in [1.82, 2.24) is 4.98 Å². The quantitative estimate of drug-likeness (QED) is 0.444. The average Bonchev–Trinajstić information content (AvgIpc) is 2.17. The van der Waals surface area contributed by atoms with E-state index in [1.54, 1.807) is 24.2 Å². The summed E-state index contributed by atoms with van der Waals surface area (Å²) in [5.41, 5.74) is 5.38. The van der Waals surface area contributed by atoms with Crippen LogP contribution in [0.25, 0.3) is 0 Å². The van der Waals surface area contributed by atoms with Gasteiger partial charge in [-0.05, 0) is 18.6 Å². The highest BCUT2D eigenvalue weighted by atomic mass is 32.2. The Morgan fingerprint density at radius 2 is 2.21 bits per heavy atom. The van der Waals surface area contributed by atoms with Gasteiger partial charge in [0.15, 0.2) is 0 Å². The second-order valence-electron chi connectivity index (χ2n) is 3.06. The van der Waals surface area contributed by atoms with E-state index < -0.39 is 0 Å². The van der Waals surface area contributed by atoms with E-state index in [1.165, 1.54) is 4.90 Å². The molecular formula is C10H15N3S. The summed E-state index contributed by atoms with van der Waals surface area (Å²) < 4.78 is 0. The van der Waals surface area contributed by atoms with Crippen molar-refractivity contribution < 1.29 is 0 Å². The van der Waals surface area contributed by atoms with Crippen LogP contribution in [0.4, 0.5) is 0 Å². The molecule has 1 heterocycles. The van der Waals surface area contributed by atoms with Crippen molar-refractivity contribution in [3.8, 4) is 0 Å². The zero-order valence-corrected chi connectivity index (χ0v) is 9.05. The van der Waals surface area contributed by atoms with Crippen LogP contribution >= 0.6 is 11.8 Å². The van der Waals surface area contributed by atoms with Crippen molar-refractivity contribution in [2.24, 2.45) is 5.73 Å². The van der Waals surface area contributed by atoms with E-state index >= 15 is 0 Å². The first-order valence-electron chi connectivity index (χ1n) is 4.62. The zero-order chi connectivity index (χ0) is 10.4. The highest BCUT2D eigenvalue weighted by Gasteiger charge is 2.09. The molecule has 0 saturated carbocycles. The standard InChI is InChI=1S/C10H15N3S/c1-2-8(7-10(11)12)14-9-3-5-13-6-4-9/h3-6,8H,2,7H2,1H3,(H3,11,12). The normalized spacial score (nSPS) is 12.4. The minimum atomic E-state index is 0.262. The van der Waals surface area contributed by atoms with Crippen molar-refractivity contribution in [1.29, 1.82) is 5.41 Å². The van der Waals surface area contributed by atoms with Crippen LogP contribution in [-0.4, -0.2) is 16.1 Å². The maximum absolute atomic E-state index is 7.25. The molecule has 76 valence electrons. The summed E-state index contributed by atoms with van der Waals surface area (Å²) in [4.78, 5) is 5.15. The molecule has 0 amide bonds. The number of aromatic nitrogens is 1. The Morgan fingerprint density at radius 3 is 2.71 bits per heavy atom. The van der Waals surface area contributed by atoms with Gasteiger partial charge in [-0.2, -0.15) is 0 Å². The van der Waals surface area contributed by atoms with Gasteiger partial charge in [-0.3, -0.25) is 10.4 Å². The molecule has 4 heteroatoms. The third kappa shape index (κ3) is 3.79. The molecule has 14 heavy (non-hydrogen) atoms. The van der Waals surface area contributed by atoms with Crippen LogP contribution in [0.2, 0.25) is 0 Å². The predicted molar refractivity (Wildman–Crippen MR) is 60.7 cm³/mol. The van der Waals surface area contributed by atoms with Gasteiger partial charge in [0.2, 0.25) is 0 Å². The number of amidine groups is 1. The number of hydrogen-bond acceptors (Lipinski definition) is 3. The summed E-state index contributed by atoms with van der Waals surface area (Å²) in [7, 11) is 0. The lowest BCUT2D eigenvalue weighted by molar-refractivity contribution is 0.848. The Bertz CT molecular complexity index is 287. The van der Waals surface area contributed by atoms with Gasteiger partial charge in [-0.15, -0.1) is 11.8 Å². The third-order valence-corrected chi connectivity index (χ3v) is 3.23. The molecule has 0 radical (unpaired) electrons. The molecule has 0 spiro atoms. The monoisotopic (exact) mass is 209 g/mol. The summed E-state index contributed by atoms with van der Waals surface area (Å²) >= 11 is 1.76. The maximum atomic E-state index is 7.25. The minimum Gasteiger partial charge on any atom is -0.388 e. The topological polar surface area (TPSA) is 62.8 Å². The van der Waals surface area contributed by atoms with Crippen LogP contribution in [0.15, 0.2) is 29.4 Å². The van der Waals surface area contributed by atoms with Crippen molar-refractivity contribution in [3.05, 3.63) is 24.5 Å². The molecule has 1 unspecified atom stereocenters. The van der Waals surface area contributed by atoms with Gasteiger partial charge in [0.25, 0.3) is 0 Å². The first kappa shape index (κ1) is 11.0. The number of nitrogens with two attached hydrogens (primary N) is 1. The van der Waals surface area contributed by atoms with Crippen LogP contribution in [0.1, 0.15) is 19.8 Å². The molecular weight excluding hydrogens is 194 g/mol. The molecule has 1 atom stereocenters. The first-order chi connectivity index (χ1) is 6.72. The van der Waals surface area contributed by atoms with Crippen molar-refractivity contribution in [2.75, 3.05) is 0 Å². The molecule has 3 nitrogen and oxygen atoms in total. The molecule has 0 bridgehead atoms. The van der Waals surface area contributed by atoms with Crippen molar-refractivity contribution in [2.45, 2.75) is 29.9 Å². The van der Waals surface area contributed by atoms with Gasteiger partial charge in [0, 0.05) is 29.0 Å². The van der Waals surface area contributed by atoms with Gasteiger partial charge in [0.05, 0.1) is 5.84 Å². The predicted octanol–water partition coefficient (Wildman–Crippen LogP) is 2.28. The van der Waals surface area contributed by atoms with Gasteiger partial charge < -0.3 is 5.73 Å². The summed E-state index contributed by atoms with van der Waals surface area (Å²) in [5.74, 6) is 0.262. The highest BCUT2D eigenvalue weighted by molar-refractivity contribution is 8.00. The van der Waals surface area contributed by atoms with Crippen molar-refractivity contribution in [3.63, 3.8) is 0 Å². The van der Waals surface area contributed by atoms with E-state index in [2.05, 4.69) is 11.9 Å². The highest BCUT2D eigenvalue weighted by Crippen LogP contribution is 2.26. The second kappa shape index (κ2) is 5.65. The maximum Gasteiger partial charge on any atom is 0.0916 e. The lowest BCUT2D eigenvalue weighted by atomic mass is 10.2. The van der Waals surface area contributed by atoms with Gasteiger partial charge >= 0.3 is 0 Å². The van der Waals surface area contributed by atoms with E-state index in [9.17, 15) is 0 Å². The number of nitrogens with one attached hydrogen (secondary N) is 1. The molecule has 0 aliphatic carbocycles. The van der Waals surface area contributed by atoms with Crippen LogP contribution in [-0.2, 0) is 0 Å². The zero-order valence-electron chi connectivity index (χ0n) is 8.23. The van der Waals surface area contributed by atoms with Crippen molar-refractivity contribution >= 4 is 17.6 Å². The fraction of sp³-hybridized carbons (Fsp3) is 0.400. The summed E-state index contributed by atoms with van der Waals surface area (Å²) in [6, 6.07) is 3.96. The van der Waals surface area contributed by atoms with E-state index in [-0.39, 0.29) is 5.84 Å². The Kier molecular flexibility index (Phi) is 4.46. The fourth-order valence-corrected chi connectivity index (χ4v) is 2.22. The van der Waals surface area contributed by atoms with E-state index in [0.717, 1.165) is 6.42 Å². The van der Waals surface area contributed by atoms with Crippen LogP contribution in [0, 0.1) is 5.41 Å². The third-order valence-electron chi connectivity index (χ3n) is 1.86. The van der Waals surface area contributed by atoms with Crippen LogP contribution in [0.5, 0.6) is 0 Å². The Balaban J connectivity index is 2.53.